The molecule has 3 aliphatic heterocycles. The van der Waals surface area contributed by atoms with Gasteiger partial charge in [-0.05, 0) is 57.9 Å². The molecule has 2 aromatic rings. The van der Waals surface area contributed by atoms with Crippen LogP contribution >= 0.6 is 0 Å². The zero-order valence-corrected chi connectivity index (χ0v) is 33.8. The van der Waals surface area contributed by atoms with Gasteiger partial charge in [0.1, 0.15) is 35.2 Å². The van der Waals surface area contributed by atoms with Crippen LogP contribution in [0.1, 0.15) is 90.5 Å². The van der Waals surface area contributed by atoms with Gasteiger partial charge >= 0.3 is 6.09 Å². The molecule has 0 unspecified atom stereocenters. The Morgan fingerprint density at radius 3 is 2.65 bits per heavy atom. The Hall–Kier alpha value is -4.86. The molecule has 7 rings (SSSR count). The molecule has 1 aromatic heterocycles. The molecule has 5 bridgehead atoms. The molecule has 16 heteroatoms. The number of nitrogens with zero attached hydrogens (tertiary/aromatic N) is 2. The lowest BCUT2D eigenvalue weighted by Gasteiger charge is -2.30. The van der Waals surface area contributed by atoms with Crippen molar-refractivity contribution in [2.45, 2.75) is 114 Å². The fraction of sp³-hybridized carbons (Fsp3) is 0.585. The van der Waals surface area contributed by atoms with Gasteiger partial charge in [-0.3, -0.25) is 19.1 Å². The van der Waals surface area contributed by atoms with Crippen LogP contribution in [0.25, 0.3) is 17.0 Å². The second-order valence-corrected chi connectivity index (χ2v) is 18.5. The average Bonchev–Trinajstić information content (AvgIpc) is 4.09. The molecule has 2 aliphatic carbocycles. The highest BCUT2D eigenvalue weighted by molar-refractivity contribution is 7.91. The minimum atomic E-state index is -3.90. The molecule has 0 spiro atoms. The number of aromatic nitrogens is 1. The first-order valence-electron chi connectivity index (χ1n) is 20.0. The molecule has 4 amide bonds. The number of allylic oxidation sites excluding steroid dienone is 2. The Morgan fingerprint density at radius 1 is 1.09 bits per heavy atom. The van der Waals surface area contributed by atoms with Crippen LogP contribution in [0.5, 0.6) is 17.4 Å². The van der Waals surface area contributed by atoms with E-state index in [2.05, 4.69) is 15.4 Å². The first-order valence-corrected chi connectivity index (χ1v) is 21.5. The van der Waals surface area contributed by atoms with Crippen molar-refractivity contribution in [3.63, 3.8) is 0 Å². The highest BCUT2D eigenvalue weighted by Crippen LogP contribution is 2.46. The number of fused-ring (bicyclic) bond motifs is 4. The Bertz CT molecular complexity index is 2080. The average molecular weight is 808 g/mol. The van der Waals surface area contributed by atoms with E-state index in [0.29, 0.717) is 73.4 Å². The zero-order chi connectivity index (χ0) is 40.5. The normalized spacial score (nSPS) is 29.2. The van der Waals surface area contributed by atoms with Gasteiger partial charge in [0.2, 0.25) is 27.7 Å². The van der Waals surface area contributed by atoms with E-state index in [0.717, 1.165) is 18.4 Å². The van der Waals surface area contributed by atoms with Gasteiger partial charge in [0, 0.05) is 40.8 Å². The van der Waals surface area contributed by atoms with Crippen molar-refractivity contribution in [3.05, 3.63) is 42.0 Å². The number of benzene rings is 1. The van der Waals surface area contributed by atoms with Crippen LogP contribution in [0, 0.1) is 11.3 Å². The smallest absolute Gasteiger partial charge is 0.407 e. The second kappa shape index (κ2) is 16.2. The molecule has 0 radical (unpaired) electrons. The van der Waals surface area contributed by atoms with Gasteiger partial charge in [-0.1, -0.05) is 51.0 Å². The number of alkyl carbamates (subject to hydrolysis) is 1. The van der Waals surface area contributed by atoms with E-state index in [1.807, 2.05) is 51.1 Å². The van der Waals surface area contributed by atoms with Gasteiger partial charge in [0.15, 0.2) is 0 Å². The summed E-state index contributed by atoms with van der Waals surface area (Å²) in [7, 11) is -2.33. The Balaban J connectivity index is 1.28. The largest absolute Gasteiger partial charge is 0.496 e. The number of carbonyl (C=O) groups excluding carboxylic acids is 4. The van der Waals surface area contributed by atoms with Gasteiger partial charge in [0.05, 0.1) is 37.6 Å². The number of pyridine rings is 1. The standard InChI is InChI=1S/C41H53N5O10S/c1-5-54-35-21-34-29-18-25(33(53-4)20-31(29)42-35)12-11-17-40(2,3)24-55-39(50)43-30-14-10-8-6-7-9-13-26-22-41(26,38(49)45-57(51,52)28-15-16-28)44-36(47)32-19-27(56-34)23-46(32)37(30)48/h9,11-13,18,20-21,26-28,30,32H,5-8,10,14-17,19,22-24H2,1-4H3,(H,43,50)(H,44,47)(H,45,49)/b12-11+,13-9-/t26-,27+,30-,32-,41+/m0/s1. The topological polar surface area (TPSA) is 192 Å². The fourth-order valence-corrected chi connectivity index (χ4v) is 9.24. The number of amides is 4. The Kier molecular flexibility index (Phi) is 11.5. The lowest BCUT2D eigenvalue weighted by molar-refractivity contribution is -0.141. The Morgan fingerprint density at radius 2 is 1.89 bits per heavy atom. The van der Waals surface area contributed by atoms with Crippen molar-refractivity contribution in [3.8, 4) is 17.4 Å². The summed E-state index contributed by atoms with van der Waals surface area (Å²) in [4.78, 5) is 62.4. The highest BCUT2D eigenvalue weighted by Gasteiger charge is 2.62. The van der Waals surface area contributed by atoms with Crippen LogP contribution < -0.4 is 29.6 Å². The number of carbonyl (C=O) groups is 4. The van der Waals surface area contributed by atoms with Crippen molar-refractivity contribution in [1.29, 1.82) is 0 Å². The van der Waals surface area contributed by atoms with E-state index < -0.39 is 74.1 Å². The molecular weight excluding hydrogens is 755 g/mol. The van der Waals surface area contributed by atoms with Crippen LogP contribution in [0.2, 0.25) is 0 Å². The first kappa shape index (κ1) is 40.3. The second-order valence-electron chi connectivity index (χ2n) is 16.5. The van der Waals surface area contributed by atoms with Crippen molar-refractivity contribution >= 4 is 50.8 Å². The van der Waals surface area contributed by atoms with Crippen LogP contribution in [0.4, 0.5) is 4.79 Å². The maximum absolute atomic E-state index is 14.6. The maximum atomic E-state index is 14.6. The predicted octanol–water partition coefficient (Wildman–Crippen LogP) is 4.53. The molecule has 308 valence electrons. The van der Waals surface area contributed by atoms with Gasteiger partial charge < -0.3 is 34.5 Å². The van der Waals surface area contributed by atoms with Crippen molar-refractivity contribution in [2.75, 3.05) is 26.9 Å². The number of nitrogens with one attached hydrogen (secondary N) is 3. The number of methoxy groups -OCH3 is 1. The van der Waals surface area contributed by atoms with Gasteiger partial charge in [-0.25, -0.2) is 18.2 Å². The van der Waals surface area contributed by atoms with Crippen molar-refractivity contribution in [2.24, 2.45) is 11.3 Å². The predicted molar refractivity (Wildman–Crippen MR) is 211 cm³/mol. The molecular formula is C41H53N5O10S. The van der Waals surface area contributed by atoms with Crippen LogP contribution in [0.3, 0.4) is 0 Å². The lowest BCUT2D eigenvalue weighted by atomic mass is 9.90. The van der Waals surface area contributed by atoms with E-state index >= 15 is 0 Å². The summed E-state index contributed by atoms with van der Waals surface area (Å²) >= 11 is 0. The highest BCUT2D eigenvalue weighted by atomic mass is 32.2. The van der Waals surface area contributed by atoms with Crippen molar-refractivity contribution in [1.82, 2.24) is 25.2 Å². The molecule has 1 aromatic carbocycles. The third-order valence-corrected chi connectivity index (χ3v) is 13.2. The van der Waals surface area contributed by atoms with Crippen LogP contribution in [0.15, 0.2) is 36.4 Å². The molecule has 57 heavy (non-hydrogen) atoms. The van der Waals surface area contributed by atoms with Crippen LogP contribution in [-0.4, -0.2) is 98.0 Å². The number of ether oxygens (including phenoxy) is 4. The quantitative estimate of drug-likeness (QED) is 0.348. The van der Waals surface area contributed by atoms with Gasteiger partial charge in [-0.2, -0.15) is 0 Å². The zero-order valence-electron chi connectivity index (χ0n) is 33.0. The molecule has 5 atom stereocenters. The Labute approximate surface area is 333 Å². The molecule has 15 nitrogen and oxygen atoms in total. The van der Waals surface area contributed by atoms with Crippen LogP contribution in [-0.2, 0) is 29.1 Å². The molecule has 2 saturated carbocycles. The summed E-state index contributed by atoms with van der Waals surface area (Å²) in [5.41, 5.74) is -0.662. The number of sulfonamides is 1. The molecule has 5 aliphatic rings. The lowest BCUT2D eigenvalue weighted by Crippen LogP contribution is -2.58. The number of cyclic esters (lactones) is 1. The molecule has 3 N–H and O–H groups in total. The summed E-state index contributed by atoms with van der Waals surface area (Å²) < 4.78 is 52.0. The minimum Gasteiger partial charge on any atom is -0.496 e. The number of rotatable bonds is 6. The maximum Gasteiger partial charge on any atom is 0.407 e. The number of hydrogen-bond donors (Lipinski definition) is 3. The minimum absolute atomic E-state index is 0.0214. The molecule has 3 fully saturated rings. The summed E-state index contributed by atoms with van der Waals surface area (Å²) in [6, 6.07) is 3.26. The van der Waals surface area contributed by atoms with E-state index in [1.54, 1.807) is 19.2 Å². The third kappa shape index (κ3) is 9.00. The van der Waals surface area contributed by atoms with Gasteiger partial charge in [-0.15, -0.1) is 0 Å². The third-order valence-electron chi connectivity index (χ3n) is 11.4. The number of hydrogen-bond acceptors (Lipinski definition) is 11. The van der Waals surface area contributed by atoms with Crippen molar-refractivity contribution < 1.29 is 46.5 Å². The van der Waals surface area contributed by atoms with E-state index in [-0.39, 0.29) is 26.0 Å². The SMILES string of the molecule is CCOc1cc2c3cc(c(OC)cc3n1)/C=C/CC(C)(C)COC(=O)N[C@H]1CCCCC/C=C\[C@H]3C[C@@]3(C(=O)NS(=O)(=O)C3CC3)NC(=O)[C@@H]3C[C@H](CN3C1=O)O2. The summed E-state index contributed by atoms with van der Waals surface area (Å²) in [6.45, 7) is 6.20. The summed E-state index contributed by atoms with van der Waals surface area (Å²) in [5.74, 6) is -1.02. The molecule has 1 saturated heterocycles. The monoisotopic (exact) mass is 807 g/mol. The van der Waals surface area contributed by atoms with E-state index in [1.165, 1.54) is 4.90 Å². The first-order chi connectivity index (χ1) is 27.2. The summed E-state index contributed by atoms with van der Waals surface area (Å²) in [6.07, 6.45) is 11.2. The van der Waals surface area contributed by atoms with E-state index in [9.17, 15) is 27.6 Å². The molecule has 4 heterocycles. The van der Waals surface area contributed by atoms with Gasteiger partial charge in [0.25, 0.3) is 5.91 Å². The van der Waals surface area contributed by atoms with E-state index in [4.69, 9.17) is 23.9 Å². The fourth-order valence-electron chi connectivity index (χ4n) is 7.88. The summed E-state index contributed by atoms with van der Waals surface area (Å²) in [5, 5.41) is 5.72.